The number of nitrogens with zero attached hydrogens (tertiary/aromatic N) is 1. The van der Waals surface area contributed by atoms with E-state index in [1.807, 2.05) is 38.1 Å². The second kappa shape index (κ2) is 11.5. The number of nitrogens with one attached hydrogen (secondary N) is 1. The largest absolute Gasteiger partial charge is 0.497 e. The first-order valence-electron chi connectivity index (χ1n) is 11.0. The highest BCUT2D eigenvalue weighted by Crippen LogP contribution is 2.19. The molecule has 0 saturated carbocycles. The minimum absolute atomic E-state index is 0.0168. The fraction of sp³-hybridized carbons (Fsp3) is 0.462. The average Bonchev–Trinajstić information content (AvgIpc) is 2.75. The lowest BCUT2D eigenvalue weighted by Gasteiger charge is -2.29. The predicted octanol–water partition coefficient (Wildman–Crippen LogP) is 4.69. The molecule has 2 rings (SSSR count). The van der Waals surface area contributed by atoms with E-state index in [-0.39, 0.29) is 17.9 Å². The molecule has 1 unspecified atom stereocenters. The standard InChI is InChI=1S/C26H36N2O3/c1-18(2)23-13-10-21(11-14-23)12-15-25(29)28(20(5)26(30)27-19(3)4)17-22-8-7-9-24(16-22)31-6/h7-11,13-14,16,18-20H,12,15,17H2,1-6H3,(H,27,30). The summed E-state index contributed by atoms with van der Waals surface area (Å²) in [5, 5.41) is 2.92. The summed E-state index contributed by atoms with van der Waals surface area (Å²) in [6, 6.07) is 15.5. The van der Waals surface area contributed by atoms with Crippen LogP contribution in [0.3, 0.4) is 0 Å². The first-order valence-corrected chi connectivity index (χ1v) is 11.0. The van der Waals surface area contributed by atoms with Crippen molar-refractivity contribution < 1.29 is 14.3 Å². The number of benzene rings is 2. The molecule has 1 atom stereocenters. The van der Waals surface area contributed by atoms with Crippen molar-refractivity contribution in [3.8, 4) is 5.75 Å². The normalized spacial score (nSPS) is 12.0. The van der Waals surface area contributed by atoms with Gasteiger partial charge < -0.3 is 15.0 Å². The van der Waals surface area contributed by atoms with Crippen molar-refractivity contribution >= 4 is 11.8 Å². The van der Waals surface area contributed by atoms with Gasteiger partial charge in [0.2, 0.25) is 11.8 Å². The third kappa shape index (κ3) is 7.42. The summed E-state index contributed by atoms with van der Waals surface area (Å²) < 4.78 is 5.31. The van der Waals surface area contributed by atoms with Gasteiger partial charge in [0.25, 0.3) is 0 Å². The maximum atomic E-state index is 13.2. The Morgan fingerprint density at radius 2 is 1.65 bits per heavy atom. The zero-order chi connectivity index (χ0) is 23.0. The Morgan fingerprint density at radius 1 is 0.968 bits per heavy atom. The number of aryl methyl sites for hydroxylation is 1. The van der Waals surface area contributed by atoms with Gasteiger partial charge in [-0.2, -0.15) is 0 Å². The molecule has 0 fully saturated rings. The van der Waals surface area contributed by atoms with Gasteiger partial charge in [-0.25, -0.2) is 0 Å². The van der Waals surface area contributed by atoms with Crippen molar-refractivity contribution in [2.75, 3.05) is 7.11 Å². The summed E-state index contributed by atoms with van der Waals surface area (Å²) >= 11 is 0. The molecule has 0 aromatic heterocycles. The molecule has 168 valence electrons. The van der Waals surface area contributed by atoms with E-state index in [9.17, 15) is 9.59 Å². The van der Waals surface area contributed by atoms with E-state index < -0.39 is 6.04 Å². The zero-order valence-electron chi connectivity index (χ0n) is 19.6. The summed E-state index contributed by atoms with van der Waals surface area (Å²) in [7, 11) is 1.62. The van der Waals surface area contributed by atoms with Crippen molar-refractivity contribution in [2.24, 2.45) is 0 Å². The molecule has 2 aromatic carbocycles. The quantitative estimate of drug-likeness (QED) is 0.602. The molecule has 5 heteroatoms. The highest BCUT2D eigenvalue weighted by Gasteiger charge is 2.26. The van der Waals surface area contributed by atoms with Gasteiger partial charge in [0, 0.05) is 19.0 Å². The van der Waals surface area contributed by atoms with Gasteiger partial charge in [-0.15, -0.1) is 0 Å². The van der Waals surface area contributed by atoms with Gasteiger partial charge in [0.15, 0.2) is 0 Å². The molecule has 0 aliphatic heterocycles. The molecule has 0 saturated heterocycles. The zero-order valence-corrected chi connectivity index (χ0v) is 19.6. The van der Waals surface area contributed by atoms with Crippen LogP contribution < -0.4 is 10.1 Å². The Hall–Kier alpha value is -2.82. The summed E-state index contributed by atoms with van der Waals surface area (Å²) in [6.07, 6.45) is 0.995. The topological polar surface area (TPSA) is 58.6 Å². The average molecular weight is 425 g/mol. The Balaban J connectivity index is 2.15. The highest BCUT2D eigenvalue weighted by atomic mass is 16.5. The minimum Gasteiger partial charge on any atom is -0.497 e. The number of hydrogen-bond acceptors (Lipinski definition) is 3. The summed E-state index contributed by atoms with van der Waals surface area (Å²) in [6.45, 7) is 10.3. The Bertz CT molecular complexity index is 859. The fourth-order valence-electron chi connectivity index (χ4n) is 3.42. The van der Waals surface area contributed by atoms with Gasteiger partial charge in [0.05, 0.1) is 7.11 Å². The van der Waals surface area contributed by atoms with Crippen LogP contribution in [0.15, 0.2) is 48.5 Å². The number of amides is 2. The third-order valence-electron chi connectivity index (χ3n) is 5.36. The lowest BCUT2D eigenvalue weighted by atomic mass is 10.00. The van der Waals surface area contributed by atoms with Gasteiger partial charge in [-0.1, -0.05) is 50.2 Å². The van der Waals surface area contributed by atoms with Crippen LogP contribution in [0.4, 0.5) is 0 Å². The Morgan fingerprint density at radius 3 is 2.23 bits per heavy atom. The third-order valence-corrected chi connectivity index (χ3v) is 5.36. The molecule has 0 spiro atoms. The van der Waals surface area contributed by atoms with E-state index in [1.54, 1.807) is 18.9 Å². The van der Waals surface area contributed by atoms with Crippen LogP contribution in [-0.2, 0) is 22.6 Å². The van der Waals surface area contributed by atoms with E-state index in [0.29, 0.717) is 25.3 Å². The van der Waals surface area contributed by atoms with Crippen LogP contribution in [-0.4, -0.2) is 35.9 Å². The van der Waals surface area contributed by atoms with E-state index in [0.717, 1.165) is 16.9 Å². The van der Waals surface area contributed by atoms with Gasteiger partial charge in [-0.05, 0) is 61.9 Å². The molecule has 2 aromatic rings. The van der Waals surface area contributed by atoms with Gasteiger partial charge >= 0.3 is 0 Å². The van der Waals surface area contributed by atoms with Crippen LogP contribution >= 0.6 is 0 Å². The molecule has 5 nitrogen and oxygen atoms in total. The Kier molecular flexibility index (Phi) is 9.10. The Labute approximate surface area is 186 Å². The van der Waals surface area contributed by atoms with Crippen LogP contribution in [0.1, 0.15) is 63.6 Å². The van der Waals surface area contributed by atoms with E-state index >= 15 is 0 Å². The highest BCUT2D eigenvalue weighted by molar-refractivity contribution is 5.87. The molecule has 1 N–H and O–H groups in total. The van der Waals surface area contributed by atoms with Crippen molar-refractivity contribution in [1.82, 2.24) is 10.2 Å². The van der Waals surface area contributed by atoms with Crippen LogP contribution in [0.2, 0.25) is 0 Å². The second-order valence-electron chi connectivity index (χ2n) is 8.61. The van der Waals surface area contributed by atoms with Crippen molar-refractivity contribution in [3.05, 3.63) is 65.2 Å². The minimum atomic E-state index is -0.565. The van der Waals surface area contributed by atoms with Crippen LogP contribution in [0.25, 0.3) is 0 Å². The second-order valence-corrected chi connectivity index (χ2v) is 8.61. The fourth-order valence-corrected chi connectivity index (χ4v) is 3.42. The molecule has 0 heterocycles. The first-order chi connectivity index (χ1) is 14.7. The number of rotatable bonds is 10. The van der Waals surface area contributed by atoms with Gasteiger partial charge in [-0.3, -0.25) is 9.59 Å². The van der Waals surface area contributed by atoms with Crippen molar-refractivity contribution in [2.45, 2.75) is 72.0 Å². The molecular weight excluding hydrogens is 388 g/mol. The summed E-state index contributed by atoms with van der Waals surface area (Å²) in [5.74, 6) is 1.03. The lowest BCUT2D eigenvalue weighted by Crippen LogP contribution is -2.49. The number of hydrogen-bond donors (Lipinski definition) is 1. The van der Waals surface area contributed by atoms with Crippen molar-refractivity contribution in [1.29, 1.82) is 0 Å². The SMILES string of the molecule is COc1cccc(CN(C(=O)CCc2ccc(C(C)C)cc2)C(C)C(=O)NC(C)C)c1. The molecule has 31 heavy (non-hydrogen) atoms. The number of carbonyl (C=O) groups excluding carboxylic acids is 2. The monoisotopic (exact) mass is 424 g/mol. The number of carbonyl (C=O) groups is 2. The van der Waals surface area contributed by atoms with E-state index in [4.69, 9.17) is 4.74 Å². The molecule has 0 aliphatic rings. The first kappa shape index (κ1) is 24.4. The number of methoxy groups -OCH3 is 1. The van der Waals surface area contributed by atoms with Crippen LogP contribution in [0, 0.1) is 0 Å². The van der Waals surface area contributed by atoms with E-state index in [2.05, 4.69) is 43.4 Å². The van der Waals surface area contributed by atoms with Gasteiger partial charge in [0.1, 0.15) is 11.8 Å². The molecule has 0 bridgehead atoms. The van der Waals surface area contributed by atoms with E-state index in [1.165, 1.54) is 5.56 Å². The molecule has 0 aliphatic carbocycles. The summed E-state index contributed by atoms with van der Waals surface area (Å²) in [4.78, 5) is 27.5. The predicted molar refractivity (Wildman–Crippen MR) is 125 cm³/mol. The summed E-state index contributed by atoms with van der Waals surface area (Å²) in [5.41, 5.74) is 3.34. The molecule has 2 amide bonds. The maximum absolute atomic E-state index is 13.2. The maximum Gasteiger partial charge on any atom is 0.242 e. The van der Waals surface area contributed by atoms with Crippen molar-refractivity contribution in [3.63, 3.8) is 0 Å². The smallest absolute Gasteiger partial charge is 0.242 e. The van der Waals surface area contributed by atoms with Crippen LogP contribution in [0.5, 0.6) is 5.75 Å². The number of ether oxygens (including phenoxy) is 1. The lowest BCUT2D eigenvalue weighted by molar-refractivity contribution is -0.140. The molecule has 0 radical (unpaired) electrons. The molecular formula is C26H36N2O3.